The molecule has 1 fully saturated rings. The van der Waals surface area contributed by atoms with E-state index < -0.39 is 10.0 Å². The largest absolute Gasteiger partial charge is 0.243 e. The van der Waals surface area contributed by atoms with Crippen molar-refractivity contribution in [2.45, 2.75) is 76.3 Å². The number of sulfonamides is 1. The number of benzene rings is 1. The van der Waals surface area contributed by atoms with Crippen LogP contribution in [0.15, 0.2) is 29.2 Å². The Kier molecular flexibility index (Phi) is 5.10. The first kappa shape index (κ1) is 16.5. The van der Waals surface area contributed by atoms with Crippen molar-refractivity contribution in [3.63, 3.8) is 0 Å². The number of hydrogen-bond acceptors (Lipinski definition) is 2. The third-order valence-corrected chi connectivity index (χ3v) is 6.89. The molecule has 1 aromatic rings. The molecule has 0 aliphatic carbocycles. The molecule has 0 bridgehead atoms. The second-order valence-electron chi connectivity index (χ2n) is 6.34. The molecule has 4 heteroatoms. The zero-order chi connectivity index (χ0) is 15.6. The Bertz CT molecular complexity index is 555. The number of piperidine rings is 1. The van der Waals surface area contributed by atoms with E-state index in [1.54, 1.807) is 16.4 Å². The van der Waals surface area contributed by atoms with Gasteiger partial charge in [0.2, 0.25) is 10.0 Å². The van der Waals surface area contributed by atoms with Gasteiger partial charge >= 0.3 is 0 Å². The van der Waals surface area contributed by atoms with Gasteiger partial charge in [-0.2, -0.15) is 4.31 Å². The summed E-state index contributed by atoms with van der Waals surface area (Å²) in [5.41, 5.74) is 1.20. The van der Waals surface area contributed by atoms with Crippen LogP contribution in [0.5, 0.6) is 0 Å². The molecule has 0 amide bonds. The summed E-state index contributed by atoms with van der Waals surface area (Å²) in [6.07, 6.45) is 4.08. The molecule has 1 saturated heterocycles. The fourth-order valence-corrected chi connectivity index (χ4v) is 5.08. The third kappa shape index (κ3) is 3.32. The Morgan fingerprint density at radius 1 is 1.14 bits per heavy atom. The second kappa shape index (κ2) is 6.49. The van der Waals surface area contributed by atoms with Crippen LogP contribution in [0, 0.1) is 0 Å². The van der Waals surface area contributed by atoms with Gasteiger partial charge in [0.05, 0.1) is 4.90 Å². The maximum Gasteiger partial charge on any atom is 0.243 e. The van der Waals surface area contributed by atoms with E-state index in [0.717, 1.165) is 25.7 Å². The van der Waals surface area contributed by atoms with E-state index in [1.165, 1.54) is 5.56 Å². The normalized spacial score (nSPS) is 25.7. The minimum atomic E-state index is -3.38. The van der Waals surface area contributed by atoms with Gasteiger partial charge < -0.3 is 0 Å². The van der Waals surface area contributed by atoms with Gasteiger partial charge in [0, 0.05) is 12.1 Å². The molecule has 1 aromatic carbocycles. The van der Waals surface area contributed by atoms with E-state index in [9.17, 15) is 8.42 Å². The summed E-state index contributed by atoms with van der Waals surface area (Å²) in [6, 6.07) is 7.64. The van der Waals surface area contributed by atoms with E-state index in [4.69, 9.17) is 0 Å². The van der Waals surface area contributed by atoms with Crippen molar-refractivity contribution in [3.05, 3.63) is 29.8 Å². The fourth-order valence-electron chi connectivity index (χ4n) is 3.20. The summed E-state index contributed by atoms with van der Waals surface area (Å²) in [7, 11) is -3.38. The predicted molar refractivity (Wildman–Crippen MR) is 86.9 cm³/mol. The molecule has 0 saturated carbocycles. The van der Waals surface area contributed by atoms with Crippen molar-refractivity contribution in [2.24, 2.45) is 0 Å². The lowest BCUT2D eigenvalue weighted by Gasteiger charge is -2.37. The maximum absolute atomic E-state index is 12.9. The van der Waals surface area contributed by atoms with Crippen molar-refractivity contribution >= 4 is 10.0 Å². The number of nitrogens with zero attached hydrogens (tertiary/aromatic N) is 1. The van der Waals surface area contributed by atoms with Gasteiger partial charge in [0.1, 0.15) is 0 Å². The second-order valence-corrected chi connectivity index (χ2v) is 8.19. The molecule has 0 radical (unpaired) electrons. The SMILES string of the molecule is CCC(C)c1ccc(S(=O)(=O)N2C(C)CCCC2C)cc1. The zero-order valence-electron chi connectivity index (χ0n) is 13.5. The van der Waals surface area contributed by atoms with Crippen molar-refractivity contribution < 1.29 is 8.42 Å². The van der Waals surface area contributed by atoms with Crippen LogP contribution in [0.3, 0.4) is 0 Å². The van der Waals surface area contributed by atoms with Crippen molar-refractivity contribution in [1.82, 2.24) is 4.31 Å². The van der Waals surface area contributed by atoms with E-state index in [2.05, 4.69) is 13.8 Å². The maximum atomic E-state index is 12.9. The molecule has 3 nitrogen and oxygen atoms in total. The average Bonchev–Trinajstić information content (AvgIpc) is 2.46. The number of hydrogen-bond donors (Lipinski definition) is 0. The molecular formula is C17H27NO2S. The van der Waals surface area contributed by atoms with Gasteiger partial charge in [-0.3, -0.25) is 0 Å². The Morgan fingerprint density at radius 2 is 1.67 bits per heavy atom. The Balaban J connectivity index is 2.30. The molecule has 1 aliphatic rings. The van der Waals surface area contributed by atoms with Crippen LogP contribution in [-0.2, 0) is 10.0 Å². The molecule has 2 rings (SSSR count). The van der Waals surface area contributed by atoms with Crippen LogP contribution in [0.1, 0.15) is 64.9 Å². The lowest BCUT2D eigenvalue weighted by atomic mass is 9.99. The molecule has 3 atom stereocenters. The van der Waals surface area contributed by atoms with Gasteiger partial charge in [-0.25, -0.2) is 8.42 Å². The van der Waals surface area contributed by atoms with Gasteiger partial charge in [-0.15, -0.1) is 0 Å². The summed E-state index contributed by atoms with van der Waals surface area (Å²) >= 11 is 0. The van der Waals surface area contributed by atoms with Crippen molar-refractivity contribution in [2.75, 3.05) is 0 Å². The summed E-state index contributed by atoms with van der Waals surface area (Å²) in [5, 5.41) is 0. The Morgan fingerprint density at radius 3 is 2.14 bits per heavy atom. The zero-order valence-corrected chi connectivity index (χ0v) is 14.4. The smallest absolute Gasteiger partial charge is 0.207 e. The minimum Gasteiger partial charge on any atom is -0.207 e. The summed E-state index contributed by atoms with van der Waals surface area (Å²) in [6.45, 7) is 8.34. The highest BCUT2D eigenvalue weighted by molar-refractivity contribution is 7.89. The van der Waals surface area contributed by atoms with E-state index >= 15 is 0 Å². The summed E-state index contributed by atoms with van der Waals surface area (Å²) < 4.78 is 27.5. The predicted octanol–water partition coefficient (Wildman–Crippen LogP) is 4.15. The van der Waals surface area contributed by atoms with Crippen LogP contribution < -0.4 is 0 Å². The fraction of sp³-hybridized carbons (Fsp3) is 0.647. The van der Waals surface area contributed by atoms with Crippen LogP contribution in [0.4, 0.5) is 0 Å². The minimum absolute atomic E-state index is 0.0907. The Labute approximate surface area is 129 Å². The monoisotopic (exact) mass is 309 g/mol. The van der Waals surface area contributed by atoms with Crippen LogP contribution >= 0.6 is 0 Å². The first-order chi connectivity index (χ1) is 9.87. The lowest BCUT2D eigenvalue weighted by Crippen LogP contribution is -2.47. The molecule has 1 heterocycles. The van der Waals surface area contributed by atoms with Crippen LogP contribution in [0.25, 0.3) is 0 Å². The highest BCUT2D eigenvalue weighted by Gasteiger charge is 2.35. The molecule has 0 spiro atoms. The molecule has 21 heavy (non-hydrogen) atoms. The van der Waals surface area contributed by atoms with Gasteiger partial charge in [0.25, 0.3) is 0 Å². The average molecular weight is 309 g/mol. The Hall–Kier alpha value is -0.870. The molecule has 0 aromatic heterocycles. The van der Waals surface area contributed by atoms with Crippen molar-refractivity contribution in [3.8, 4) is 0 Å². The van der Waals surface area contributed by atoms with Crippen molar-refractivity contribution in [1.29, 1.82) is 0 Å². The molecule has 3 unspecified atom stereocenters. The lowest BCUT2D eigenvalue weighted by molar-refractivity contribution is 0.204. The summed E-state index contributed by atoms with van der Waals surface area (Å²) in [5.74, 6) is 0.467. The van der Waals surface area contributed by atoms with E-state index in [-0.39, 0.29) is 12.1 Å². The first-order valence-electron chi connectivity index (χ1n) is 8.01. The van der Waals surface area contributed by atoms with Crippen LogP contribution in [0.2, 0.25) is 0 Å². The van der Waals surface area contributed by atoms with E-state index in [1.807, 2.05) is 26.0 Å². The van der Waals surface area contributed by atoms with E-state index in [0.29, 0.717) is 10.8 Å². The van der Waals surface area contributed by atoms with Crippen LogP contribution in [-0.4, -0.2) is 24.8 Å². The summed E-state index contributed by atoms with van der Waals surface area (Å²) in [4.78, 5) is 0.426. The highest BCUT2D eigenvalue weighted by atomic mass is 32.2. The highest BCUT2D eigenvalue weighted by Crippen LogP contribution is 2.30. The number of rotatable bonds is 4. The molecule has 1 aliphatic heterocycles. The topological polar surface area (TPSA) is 37.4 Å². The third-order valence-electron chi connectivity index (χ3n) is 4.75. The standard InChI is InChI=1S/C17H27NO2S/c1-5-13(2)16-9-11-17(12-10-16)21(19,20)18-14(3)7-6-8-15(18)4/h9-15H,5-8H2,1-4H3. The van der Waals surface area contributed by atoms with Gasteiger partial charge in [-0.05, 0) is 56.7 Å². The van der Waals surface area contributed by atoms with Gasteiger partial charge in [0.15, 0.2) is 0 Å². The quantitative estimate of drug-likeness (QED) is 0.838. The molecule has 118 valence electrons. The molecular weight excluding hydrogens is 282 g/mol. The first-order valence-corrected chi connectivity index (χ1v) is 9.45. The van der Waals surface area contributed by atoms with Gasteiger partial charge in [-0.1, -0.05) is 32.4 Å². The molecule has 0 N–H and O–H groups in total.